The Kier molecular flexibility index (Phi) is 4.48. The lowest BCUT2D eigenvalue weighted by molar-refractivity contribution is 0.0947. The summed E-state index contributed by atoms with van der Waals surface area (Å²) >= 11 is 6.25. The molecule has 5 rings (SSSR count). The normalized spacial score (nSPS) is 12.6. The van der Waals surface area contributed by atoms with Gasteiger partial charge in [0.2, 0.25) is 0 Å². The first-order valence-corrected chi connectivity index (χ1v) is 9.88. The number of pyridine rings is 1. The Hall–Kier alpha value is -3.64. The van der Waals surface area contributed by atoms with E-state index in [0.717, 1.165) is 33.3 Å². The third-order valence-corrected chi connectivity index (χ3v) is 5.64. The lowest BCUT2D eigenvalue weighted by Crippen LogP contribution is -2.22. The molecule has 2 aromatic carbocycles. The molecular formula is C23H17ClN4O2. The number of amides is 2. The molecule has 0 bridgehead atoms. The van der Waals surface area contributed by atoms with Crippen LogP contribution < -0.4 is 10.6 Å². The van der Waals surface area contributed by atoms with Crippen LogP contribution in [0.3, 0.4) is 0 Å². The average molecular weight is 417 g/mol. The molecule has 4 aromatic rings. The second kappa shape index (κ2) is 7.31. The Labute approximate surface area is 177 Å². The Morgan fingerprint density at radius 1 is 1.10 bits per heavy atom. The molecule has 1 aliphatic rings. The Bertz CT molecular complexity index is 1300. The number of nitrogens with one attached hydrogen (secondary N) is 3. The summed E-state index contributed by atoms with van der Waals surface area (Å²) in [6.07, 6.45) is 3.39. The summed E-state index contributed by atoms with van der Waals surface area (Å²) in [5.74, 6) is -0.277. The Balaban J connectivity index is 1.45. The van der Waals surface area contributed by atoms with E-state index in [-0.39, 0.29) is 11.8 Å². The second-order valence-electron chi connectivity index (χ2n) is 7.15. The van der Waals surface area contributed by atoms with Gasteiger partial charge < -0.3 is 15.6 Å². The molecule has 30 heavy (non-hydrogen) atoms. The van der Waals surface area contributed by atoms with Gasteiger partial charge in [-0.3, -0.25) is 14.6 Å². The van der Waals surface area contributed by atoms with Crippen LogP contribution in [0.5, 0.6) is 0 Å². The Morgan fingerprint density at radius 3 is 2.77 bits per heavy atom. The minimum absolute atomic E-state index is 0.127. The van der Waals surface area contributed by atoms with Gasteiger partial charge in [-0.1, -0.05) is 17.7 Å². The van der Waals surface area contributed by atoms with Crippen molar-refractivity contribution >= 4 is 34.3 Å². The van der Waals surface area contributed by atoms with E-state index in [2.05, 4.69) is 20.6 Å². The fourth-order valence-corrected chi connectivity index (χ4v) is 3.96. The molecule has 3 heterocycles. The van der Waals surface area contributed by atoms with Crippen LogP contribution >= 0.6 is 11.6 Å². The van der Waals surface area contributed by atoms with Gasteiger partial charge in [0.1, 0.15) is 0 Å². The number of nitrogens with zero attached hydrogens (tertiary/aromatic N) is 1. The van der Waals surface area contributed by atoms with E-state index >= 15 is 0 Å². The summed E-state index contributed by atoms with van der Waals surface area (Å²) in [4.78, 5) is 32.2. The molecular weight excluding hydrogens is 400 g/mol. The Morgan fingerprint density at radius 2 is 1.93 bits per heavy atom. The highest BCUT2D eigenvalue weighted by Gasteiger charge is 2.26. The summed E-state index contributed by atoms with van der Waals surface area (Å²) in [5, 5.41) is 7.22. The van der Waals surface area contributed by atoms with Crippen LogP contribution in [0.15, 0.2) is 60.9 Å². The van der Waals surface area contributed by atoms with Crippen molar-refractivity contribution in [1.29, 1.82) is 0 Å². The first-order valence-electron chi connectivity index (χ1n) is 9.50. The van der Waals surface area contributed by atoms with Gasteiger partial charge in [-0.05, 0) is 48.0 Å². The topological polar surface area (TPSA) is 86.9 Å². The molecule has 2 amide bonds. The van der Waals surface area contributed by atoms with Crippen LogP contribution in [0, 0.1) is 0 Å². The van der Waals surface area contributed by atoms with Gasteiger partial charge in [0, 0.05) is 63.8 Å². The zero-order chi connectivity index (χ0) is 20.7. The maximum absolute atomic E-state index is 12.6. The summed E-state index contributed by atoms with van der Waals surface area (Å²) < 4.78 is 0. The van der Waals surface area contributed by atoms with E-state index < -0.39 is 0 Å². The van der Waals surface area contributed by atoms with Crippen LogP contribution in [0.1, 0.15) is 31.8 Å². The number of benzene rings is 2. The number of aromatic nitrogens is 2. The minimum Gasteiger partial charge on any atom is -0.355 e. The molecule has 0 atom stereocenters. The van der Waals surface area contributed by atoms with E-state index in [1.54, 1.807) is 24.5 Å². The molecule has 0 unspecified atom stereocenters. The second-order valence-corrected chi connectivity index (χ2v) is 7.56. The van der Waals surface area contributed by atoms with Gasteiger partial charge >= 0.3 is 0 Å². The van der Waals surface area contributed by atoms with Crippen LogP contribution in [0.4, 0.5) is 0 Å². The molecule has 0 spiro atoms. The molecule has 3 N–H and O–H groups in total. The first kappa shape index (κ1) is 18.4. The van der Waals surface area contributed by atoms with Crippen molar-refractivity contribution < 1.29 is 9.59 Å². The van der Waals surface area contributed by atoms with Gasteiger partial charge in [0.05, 0.1) is 5.56 Å². The summed E-state index contributed by atoms with van der Waals surface area (Å²) in [6.45, 7) is 0.868. The standard InChI is InChI=1S/C23H17ClN4O2/c24-18-3-2-16(21-17(18)12-27-23(21)30)20-10-15-9-14(1-4-19(15)28-20)22(29)26-11-13-5-7-25-8-6-13/h1-10,28H,11-12H2,(H,26,29)(H,27,30). The molecule has 148 valence electrons. The number of hydrogen-bond donors (Lipinski definition) is 3. The minimum atomic E-state index is -0.150. The zero-order valence-electron chi connectivity index (χ0n) is 15.8. The van der Waals surface area contributed by atoms with E-state index in [1.807, 2.05) is 36.4 Å². The van der Waals surface area contributed by atoms with Crippen LogP contribution in [-0.4, -0.2) is 21.8 Å². The van der Waals surface area contributed by atoms with Gasteiger partial charge in [-0.2, -0.15) is 0 Å². The molecule has 1 aliphatic heterocycles. The maximum atomic E-state index is 12.6. The highest BCUT2D eigenvalue weighted by atomic mass is 35.5. The van der Waals surface area contributed by atoms with Gasteiger partial charge in [-0.25, -0.2) is 0 Å². The molecule has 0 fully saturated rings. The number of carbonyl (C=O) groups excluding carboxylic acids is 2. The predicted octanol–water partition coefficient (Wildman–Crippen LogP) is 4.06. The fourth-order valence-electron chi connectivity index (χ4n) is 3.74. The van der Waals surface area contributed by atoms with Crippen molar-refractivity contribution in [2.75, 3.05) is 0 Å². The maximum Gasteiger partial charge on any atom is 0.252 e. The van der Waals surface area contributed by atoms with Crippen molar-refractivity contribution in [3.8, 4) is 11.3 Å². The summed E-state index contributed by atoms with van der Waals surface area (Å²) in [7, 11) is 0. The fraction of sp³-hybridized carbons (Fsp3) is 0.0870. The quantitative estimate of drug-likeness (QED) is 0.469. The van der Waals surface area contributed by atoms with Crippen molar-refractivity contribution in [2.24, 2.45) is 0 Å². The molecule has 0 saturated heterocycles. The highest BCUT2D eigenvalue weighted by Crippen LogP contribution is 2.34. The average Bonchev–Trinajstić information content (AvgIpc) is 3.37. The van der Waals surface area contributed by atoms with Gasteiger partial charge in [0.15, 0.2) is 0 Å². The number of H-pyrrole nitrogens is 1. The van der Waals surface area contributed by atoms with Gasteiger partial charge in [-0.15, -0.1) is 0 Å². The highest BCUT2D eigenvalue weighted by molar-refractivity contribution is 6.32. The molecule has 7 heteroatoms. The molecule has 0 aliphatic carbocycles. The molecule has 2 aromatic heterocycles. The van der Waals surface area contributed by atoms with Crippen molar-refractivity contribution in [3.05, 3.63) is 88.2 Å². The van der Waals surface area contributed by atoms with Crippen molar-refractivity contribution in [2.45, 2.75) is 13.1 Å². The summed E-state index contributed by atoms with van der Waals surface area (Å²) in [6, 6.07) is 14.8. The number of halogens is 1. The van der Waals surface area contributed by atoms with E-state index in [0.29, 0.717) is 29.2 Å². The number of carbonyl (C=O) groups is 2. The van der Waals surface area contributed by atoms with E-state index in [1.165, 1.54) is 0 Å². The lowest BCUT2D eigenvalue weighted by atomic mass is 10.0. The molecule has 6 nitrogen and oxygen atoms in total. The molecule has 0 saturated carbocycles. The van der Waals surface area contributed by atoms with Crippen LogP contribution in [0.2, 0.25) is 5.02 Å². The SMILES string of the molecule is O=C(NCc1ccncc1)c1ccc2[nH]c(-c3ccc(Cl)c4c3C(=O)NC4)cc2c1. The van der Waals surface area contributed by atoms with E-state index in [4.69, 9.17) is 11.6 Å². The lowest BCUT2D eigenvalue weighted by Gasteiger charge is -2.06. The summed E-state index contributed by atoms with van der Waals surface area (Å²) in [5.41, 5.74) is 5.46. The number of aromatic amines is 1. The van der Waals surface area contributed by atoms with Crippen molar-refractivity contribution in [1.82, 2.24) is 20.6 Å². The van der Waals surface area contributed by atoms with E-state index in [9.17, 15) is 9.59 Å². The van der Waals surface area contributed by atoms with Crippen molar-refractivity contribution in [3.63, 3.8) is 0 Å². The third-order valence-electron chi connectivity index (χ3n) is 5.28. The number of rotatable bonds is 4. The third kappa shape index (κ3) is 3.21. The van der Waals surface area contributed by atoms with Crippen LogP contribution in [0.25, 0.3) is 22.2 Å². The van der Waals surface area contributed by atoms with Gasteiger partial charge in [0.25, 0.3) is 11.8 Å². The first-order chi connectivity index (χ1) is 14.6. The monoisotopic (exact) mass is 416 g/mol. The molecule has 0 radical (unpaired) electrons. The zero-order valence-corrected chi connectivity index (χ0v) is 16.6. The number of fused-ring (bicyclic) bond motifs is 2. The largest absolute Gasteiger partial charge is 0.355 e. The van der Waals surface area contributed by atoms with Crippen LogP contribution in [-0.2, 0) is 13.1 Å². The number of hydrogen-bond acceptors (Lipinski definition) is 3. The smallest absolute Gasteiger partial charge is 0.252 e. The predicted molar refractivity (Wildman–Crippen MR) is 115 cm³/mol.